The Hall–Kier alpha value is 0.867. The van der Waals surface area contributed by atoms with Crippen LogP contribution in [0.3, 0.4) is 0 Å². The summed E-state index contributed by atoms with van der Waals surface area (Å²) in [7, 11) is -2.03. The summed E-state index contributed by atoms with van der Waals surface area (Å²) in [6.45, 7) is 12.7. The van der Waals surface area contributed by atoms with E-state index in [0.29, 0.717) is 0 Å². The SMILES string of the molecule is CCCO[Si](CI)(OCCC)C(C)(C)C. The largest absolute Gasteiger partial charge is 0.393 e. The first kappa shape index (κ1) is 15.9. The molecule has 0 N–H and O–H groups in total. The molecule has 0 unspecified atom stereocenters. The average molecular weight is 344 g/mol. The highest BCUT2D eigenvalue weighted by Gasteiger charge is 2.48. The van der Waals surface area contributed by atoms with Gasteiger partial charge in [0.15, 0.2) is 0 Å². The van der Waals surface area contributed by atoms with Crippen molar-refractivity contribution in [1.82, 2.24) is 0 Å². The van der Waals surface area contributed by atoms with E-state index in [4.69, 9.17) is 8.85 Å². The van der Waals surface area contributed by atoms with Gasteiger partial charge in [0.1, 0.15) is 0 Å². The van der Waals surface area contributed by atoms with Crippen LogP contribution in [0.2, 0.25) is 5.04 Å². The molecule has 0 heterocycles. The molecule has 0 saturated heterocycles. The van der Waals surface area contributed by atoms with Crippen molar-refractivity contribution in [3.05, 3.63) is 0 Å². The molecule has 4 heteroatoms. The molecule has 0 rings (SSSR count). The third-order valence-corrected chi connectivity index (χ3v) is 9.39. The monoisotopic (exact) mass is 344 g/mol. The fourth-order valence-corrected chi connectivity index (χ4v) is 8.61. The number of halogens is 1. The van der Waals surface area contributed by atoms with Crippen LogP contribution in [-0.2, 0) is 8.85 Å². The second-order valence-electron chi connectivity index (χ2n) is 4.83. The molecule has 0 amide bonds. The van der Waals surface area contributed by atoms with Crippen molar-refractivity contribution in [2.45, 2.75) is 52.5 Å². The van der Waals surface area contributed by atoms with Gasteiger partial charge in [-0.25, -0.2) is 0 Å². The summed E-state index contributed by atoms with van der Waals surface area (Å²) in [5.41, 5.74) is 0. The van der Waals surface area contributed by atoms with E-state index in [2.05, 4.69) is 57.2 Å². The Labute approximate surface area is 110 Å². The van der Waals surface area contributed by atoms with Crippen LogP contribution in [0.25, 0.3) is 0 Å². The molecule has 0 spiro atoms. The minimum Gasteiger partial charge on any atom is -0.393 e. The normalized spacial score (nSPS) is 13.2. The van der Waals surface area contributed by atoms with Gasteiger partial charge in [0.2, 0.25) is 0 Å². The summed E-state index contributed by atoms with van der Waals surface area (Å²) in [6.07, 6.45) is 2.13. The van der Waals surface area contributed by atoms with Crippen LogP contribution in [-0.4, -0.2) is 25.8 Å². The van der Waals surface area contributed by atoms with Gasteiger partial charge in [-0.2, -0.15) is 0 Å². The Balaban J connectivity index is 4.60. The highest BCUT2D eigenvalue weighted by Crippen LogP contribution is 2.39. The zero-order chi connectivity index (χ0) is 11.9. The molecular formula is C11H25IO2Si. The Kier molecular flexibility index (Phi) is 7.66. The molecular weight excluding hydrogens is 319 g/mol. The molecule has 92 valence electrons. The number of hydrogen-bond acceptors (Lipinski definition) is 2. The van der Waals surface area contributed by atoms with Gasteiger partial charge in [0.25, 0.3) is 0 Å². The van der Waals surface area contributed by atoms with Gasteiger partial charge in [0.05, 0.1) is 0 Å². The summed E-state index contributed by atoms with van der Waals surface area (Å²) in [6, 6.07) is 0. The molecule has 0 saturated carbocycles. The molecule has 0 aliphatic carbocycles. The van der Waals surface area contributed by atoms with Crippen molar-refractivity contribution in [3.63, 3.8) is 0 Å². The molecule has 0 aromatic rings. The van der Waals surface area contributed by atoms with E-state index in [1.165, 1.54) is 0 Å². The zero-order valence-corrected chi connectivity index (χ0v) is 13.9. The molecule has 2 nitrogen and oxygen atoms in total. The van der Waals surface area contributed by atoms with Gasteiger partial charge in [-0.15, -0.1) is 0 Å². The van der Waals surface area contributed by atoms with Crippen LogP contribution in [0.1, 0.15) is 47.5 Å². The zero-order valence-electron chi connectivity index (χ0n) is 10.7. The lowest BCUT2D eigenvalue weighted by molar-refractivity contribution is 0.153. The predicted octanol–water partition coefficient (Wildman–Crippen LogP) is 4.06. The Bertz CT molecular complexity index is 160. The molecule has 0 bridgehead atoms. The highest BCUT2D eigenvalue weighted by molar-refractivity contribution is 14.1. The lowest BCUT2D eigenvalue weighted by Gasteiger charge is -2.39. The van der Waals surface area contributed by atoms with Gasteiger partial charge >= 0.3 is 8.56 Å². The van der Waals surface area contributed by atoms with E-state index in [0.717, 1.165) is 30.1 Å². The predicted molar refractivity (Wildman–Crippen MR) is 76.8 cm³/mol. The maximum absolute atomic E-state index is 6.10. The fourth-order valence-electron chi connectivity index (χ4n) is 1.29. The first-order valence-corrected chi connectivity index (χ1v) is 9.32. The number of alkyl halides is 1. The van der Waals surface area contributed by atoms with Crippen LogP contribution in [0.5, 0.6) is 0 Å². The summed E-state index contributed by atoms with van der Waals surface area (Å²) in [5, 5.41) is 0.151. The highest BCUT2D eigenvalue weighted by atomic mass is 127. The van der Waals surface area contributed by atoms with E-state index in [1.54, 1.807) is 0 Å². The van der Waals surface area contributed by atoms with Crippen molar-refractivity contribution in [2.24, 2.45) is 0 Å². The van der Waals surface area contributed by atoms with E-state index < -0.39 is 8.56 Å². The van der Waals surface area contributed by atoms with E-state index in [9.17, 15) is 0 Å². The summed E-state index contributed by atoms with van der Waals surface area (Å²) < 4.78 is 13.2. The van der Waals surface area contributed by atoms with Crippen molar-refractivity contribution in [2.75, 3.05) is 17.3 Å². The Morgan fingerprint density at radius 3 is 1.60 bits per heavy atom. The van der Waals surface area contributed by atoms with E-state index in [-0.39, 0.29) is 5.04 Å². The molecule has 0 aliphatic rings. The van der Waals surface area contributed by atoms with Crippen molar-refractivity contribution < 1.29 is 8.85 Å². The van der Waals surface area contributed by atoms with Gasteiger partial charge in [0, 0.05) is 22.3 Å². The fraction of sp³-hybridized carbons (Fsp3) is 1.00. The maximum atomic E-state index is 6.10. The van der Waals surface area contributed by atoms with Crippen LogP contribution >= 0.6 is 22.6 Å². The smallest absolute Gasteiger partial charge is 0.353 e. The summed E-state index contributed by atoms with van der Waals surface area (Å²) in [4.78, 5) is 0. The second-order valence-corrected chi connectivity index (χ2v) is 11.0. The third kappa shape index (κ3) is 4.71. The quantitative estimate of drug-likeness (QED) is 0.394. The molecule has 0 aliphatic heterocycles. The van der Waals surface area contributed by atoms with Gasteiger partial charge in [-0.1, -0.05) is 57.2 Å². The maximum Gasteiger partial charge on any atom is 0.353 e. The Morgan fingerprint density at radius 2 is 1.40 bits per heavy atom. The minimum absolute atomic E-state index is 0.151. The molecule has 0 aromatic heterocycles. The van der Waals surface area contributed by atoms with Gasteiger partial charge < -0.3 is 8.85 Å². The number of rotatable bonds is 7. The van der Waals surface area contributed by atoms with Crippen molar-refractivity contribution >= 4 is 31.2 Å². The van der Waals surface area contributed by atoms with Crippen LogP contribution in [0.4, 0.5) is 0 Å². The first-order valence-electron chi connectivity index (χ1n) is 5.77. The topological polar surface area (TPSA) is 18.5 Å². The minimum atomic E-state index is -2.03. The molecule has 0 radical (unpaired) electrons. The van der Waals surface area contributed by atoms with E-state index in [1.807, 2.05) is 0 Å². The second kappa shape index (κ2) is 7.24. The van der Waals surface area contributed by atoms with Crippen molar-refractivity contribution in [1.29, 1.82) is 0 Å². The van der Waals surface area contributed by atoms with Crippen LogP contribution < -0.4 is 0 Å². The lowest BCUT2D eigenvalue weighted by atomic mass is 10.3. The third-order valence-electron chi connectivity index (χ3n) is 2.40. The molecule has 15 heavy (non-hydrogen) atoms. The Morgan fingerprint density at radius 1 is 1.00 bits per heavy atom. The molecule has 0 atom stereocenters. The standard InChI is InChI=1S/C11H25IO2Si/c1-6-8-13-15(10-12,11(3,4)5)14-9-7-2/h6-10H2,1-5H3. The first-order chi connectivity index (χ1) is 6.93. The summed E-state index contributed by atoms with van der Waals surface area (Å²) >= 11 is 2.42. The van der Waals surface area contributed by atoms with Crippen LogP contribution in [0.15, 0.2) is 0 Å². The molecule has 0 aromatic carbocycles. The average Bonchev–Trinajstić information content (AvgIpc) is 2.17. The molecule has 0 fully saturated rings. The summed E-state index contributed by atoms with van der Waals surface area (Å²) in [5.74, 6) is 0. The van der Waals surface area contributed by atoms with Crippen molar-refractivity contribution in [3.8, 4) is 0 Å². The lowest BCUT2D eigenvalue weighted by Crippen LogP contribution is -2.53. The van der Waals surface area contributed by atoms with Gasteiger partial charge in [-0.05, 0) is 12.8 Å². The van der Waals surface area contributed by atoms with Crippen LogP contribution in [0, 0.1) is 0 Å². The van der Waals surface area contributed by atoms with E-state index >= 15 is 0 Å². The van der Waals surface area contributed by atoms with Gasteiger partial charge in [-0.3, -0.25) is 0 Å². The number of hydrogen-bond donors (Lipinski definition) is 0.